The number of carboxylic acids is 1. The van der Waals surface area contributed by atoms with Crippen LogP contribution in [0.5, 0.6) is 5.88 Å². The predicted octanol–water partition coefficient (Wildman–Crippen LogP) is 4.50. The average Bonchev–Trinajstić information content (AvgIpc) is 3.27. The highest BCUT2D eigenvalue weighted by Crippen LogP contribution is 2.30. The van der Waals surface area contributed by atoms with E-state index in [0.29, 0.717) is 61.2 Å². The molecule has 2 aromatic carbocycles. The summed E-state index contributed by atoms with van der Waals surface area (Å²) < 4.78 is 27.1. The molecule has 0 aliphatic carbocycles. The summed E-state index contributed by atoms with van der Waals surface area (Å²) in [6.45, 7) is 2.61. The summed E-state index contributed by atoms with van der Waals surface area (Å²) in [5.74, 6) is -0.479. The molecule has 0 bridgehead atoms. The number of hydrogen-bond donors (Lipinski definition) is 2. The van der Waals surface area contributed by atoms with E-state index in [0.717, 1.165) is 17.0 Å². The maximum absolute atomic E-state index is 14.1. The molecule has 2 N–H and O–H groups in total. The van der Waals surface area contributed by atoms with Gasteiger partial charge in [0.25, 0.3) is 0 Å². The number of carboxylic acid groups (broad SMARTS) is 1. The lowest BCUT2D eigenvalue weighted by Gasteiger charge is -2.35. The molecule has 2 atom stereocenters. The van der Waals surface area contributed by atoms with Crippen LogP contribution < -0.4 is 4.74 Å². The summed E-state index contributed by atoms with van der Waals surface area (Å²) in [5.41, 5.74) is 2.74. The fraction of sp³-hybridized carbons (Fsp3) is 0.345. The fourth-order valence-corrected chi connectivity index (χ4v) is 5.21. The minimum Gasteiger partial charge on any atom is -0.478 e. The van der Waals surface area contributed by atoms with Gasteiger partial charge in [-0.3, -0.25) is 4.90 Å². The van der Waals surface area contributed by atoms with Gasteiger partial charge in [0.15, 0.2) is 0 Å². The summed E-state index contributed by atoms with van der Waals surface area (Å²) in [6, 6.07) is 14.7. The largest absolute Gasteiger partial charge is 0.478 e. The van der Waals surface area contributed by atoms with Gasteiger partial charge in [-0.25, -0.2) is 19.2 Å². The van der Waals surface area contributed by atoms with Crippen LogP contribution in [0.1, 0.15) is 39.8 Å². The van der Waals surface area contributed by atoms with Crippen molar-refractivity contribution in [3.8, 4) is 5.88 Å². The first-order valence-electron chi connectivity index (χ1n) is 13.0. The number of carbonyl (C=O) groups is 1. The van der Waals surface area contributed by atoms with Gasteiger partial charge in [-0.2, -0.15) is 0 Å². The number of aliphatic hydroxyl groups excluding tert-OH is 1. The molecule has 1 saturated heterocycles. The molecule has 1 aliphatic heterocycles. The van der Waals surface area contributed by atoms with E-state index in [9.17, 15) is 19.4 Å². The molecule has 1 aliphatic rings. The van der Waals surface area contributed by atoms with E-state index in [4.69, 9.17) is 26.1 Å². The van der Waals surface area contributed by atoms with E-state index in [-0.39, 0.29) is 18.1 Å². The fourth-order valence-electron chi connectivity index (χ4n) is 5.05. The van der Waals surface area contributed by atoms with Gasteiger partial charge < -0.3 is 24.3 Å². The number of methoxy groups -OCH3 is 1. The van der Waals surface area contributed by atoms with Gasteiger partial charge in [0.05, 0.1) is 41.5 Å². The molecule has 0 amide bonds. The van der Waals surface area contributed by atoms with Crippen LogP contribution in [-0.2, 0) is 24.4 Å². The first kappa shape index (κ1) is 28.0. The van der Waals surface area contributed by atoms with Crippen LogP contribution in [0, 0.1) is 5.82 Å². The number of benzene rings is 2. The molecule has 5 rings (SSSR count). The number of rotatable bonds is 10. The molecular formula is C29H30ClFN4O5. The summed E-state index contributed by atoms with van der Waals surface area (Å²) in [4.78, 5) is 23.0. The number of imidazole rings is 1. The Labute approximate surface area is 235 Å². The number of likely N-dealkylation sites (tertiary alicyclic amines) is 1. The molecule has 3 heterocycles. The number of aliphatic hydroxyl groups is 1. The molecule has 40 heavy (non-hydrogen) atoms. The van der Waals surface area contributed by atoms with Gasteiger partial charge >= 0.3 is 5.97 Å². The Morgan fingerprint density at radius 1 is 1.18 bits per heavy atom. The molecule has 2 aromatic heterocycles. The van der Waals surface area contributed by atoms with E-state index >= 15 is 0 Å². The van der Waals surface area contributed by atoms with Crippen LogP contribution >= 0.6 is 11.6 Å². The zero-order chi connectivity index (χ0) is 28.2. The first-order chi connectivity index (χ1) is 19.3. The highest BCUT2D eigenvalue weighted by molar-refractivity contribution is 6.30. The lowest BCUT2D eigenvalue weighted by molar-refractivity contribution is 0.0444. The number of aromatic carboxylic acids is 1. The van der Waals surface area contributed by atoms with Crippen molar-refractivity contribution < 1.29 is 28.9 Å². The number of ether oxygens (including phenoxy) is 2. The number of nitrogens with zero attached hydrogens (tertiary/aromatic N) is 4. The van der Waals surface area contributed by atoms with Crippen LogP contribution in [0.4, 0.5) is 4.39 Å². The highest BCUT2D eigenvalue weighted by Gasteiger charge is 2.31. The molecule has 0 unspecified atom stereocenters. The van der Waals surface area contributed by atoms with Crippen molar-refractivity contribution in [2.24, 2.45) is 0 Å². The summed E-state index contributed by atoms with van der Waals surface area (Å²) in [6.07, 6.45) is 0.00544. The number of hydrogen-bond acceptors (Lipinski definition) is 7. The zero-order valence-corrected chi connectivity index (χ0v) is 22.7. The van der Waals surface area contributed by atoms with Crippen molar-refractivity contribution >= 4 is 28.6 Å². The molecule has 1 fully saturated rings. The van der Waals surface area contributed by atoms with Crippen molar-refractivity contribution in [3.63, 3.8) is 0 Å². The molecule has 210 valence electrons. The van der Waals surface area contributed by atoms with Gasteiger partial charge in [0.1, 0.15) is 18.2 Å². The van der Waals surface area contributed by atoms with Gasteiger partial charge in [-0.1, -0.05) is 23.7 Å². The minimum absolute atomic E-state index is 0.0124. The molecular weight excluding hydrogens is 539 g/mol. The molecule has 0 spiro atoms. The van der Waals surface area contributed by atoms with Gasteiger partial charge in [-0.15, -0.1) is 0 Å². The van der Waals surface area contributed by atoms with Gasteiger partial charge in [0, 0.05) is 42.8 Å². The van der Waals surface area contributed by atoms with E-state index in [1.165, 1.54) is 6.07 Å². The van der Waals surface area contributed by atoms with Crippen LogP contribution in [0.2, 0.25) is 5.02 Å². The Kier molecular flexibility index (Phi) is 8.60. The third-order valence-corrected chi connectivity index (χ3v) is 7.38. The molecule has 4 aromatic rings. The van der Waals surface area contributed by atoms with E-state index in [1.807, 2.05) is 16.7 Å². The number of fused-ring (bicyclic) bond motifs is 1. The minimum atomic E-state index is -0.992. The maximum atomic E-state index is 14.1. The molecule has 11 heteroatoms. The SMILES string of the molecule is COCCn1c(CN2CC[C@@H](c3cccc(OCc4ccc(Cl)cc4F)n3)[C@@H](O)C2)nc2ccc(C(=O)O)cc21. The highest BCUT2D eigenvalue weighted by atomic mass is 35.5. The molecule has 0 saturated carbocycles. The Hall–Kier alpha value is -3.57. The molecule has 0 radical (unpaired) electrons. The monoisotopic (exact) mass is 568 g/mol. The third kappa shape index (κ3) is 6.26. The van der Waals surface area contributed by atoms with E-state index in [2.05, 4.69) is 9.88 Å². The van der Waals surface area contributed by atoms with E-state index < -0.39 is 17.9 Å². The summed E-state index contributed by atoms with van der Waals surface area (Å²) >= 11 is 5.82. The van der Waals surface area contributed by atoms with Crippen molar-refractivity contribution in [2.45, 2.75) is 38.1 Å². The topological polar surface area (TPSA) is 110 Å². The smallest absolute Gasteiger partial charge is 0.335 e. The Morgan fingerprint density at radius 3 is 2.77 bits per heavy atom. The lowest BCUT2D eigenvalue weighted by Crippen LogP contribution is -2.43. The second-order valence-corrected chi connectivity index (χ2v) is 10.2. The maximum Gasteiger partial charge on any atom is 0.335 e. The number of piperidine rings is 1. The number of aromatic nitrogens is 3. The number of pyridine rings is 1. The van der Waals surface area contributed by atoms with Crippen LogP contribution in [-0.4, -0.2) is 68.5 Å². The van der Waals surface area contributed by atoms with Crippen LogP contribution in [0.3, 0.4) is 0 Å². The second-order valence-electron chi connectivity index (χ2n) is 9.80. The summed E-state index contributed by atoms with van der Waals surface area (Å²) in [7, 11) is 1.62. The van der Waals surface area contributed by atoms with Crippen molar-refractivity contribution in [1.82, 2.24) is 19.4 Å². The first-order valence-corrected chi connectivity index (χ1v) is 13.4. The average molecular weight is 569 g/mol. The Balaban J connectivity index is 1.26. The predicted molar refractivity (Wildman–Crippen MR) is 147 cm³/mol. The van der Waals surface area contributed by atoms with Crippen molar-refractivity contribution in [3.05, 3.63) is 88.1 Å². The van der Waals surface area contributed by atoms with E-state index in [1.54, 1.807) is 43.5 Å². The Morgan fingerprint density at radius 2 is 2.02 bits per heavy atom. The second kappa shape index (κ2) is 12.3. The van der Waals surface area contributed by atoms with Crippen molar-refractivity contribution in [2.75, 3.05) is 26.8 Å². The Bertz CT molecular complexity index is 1510. The van der Waals surface area contributed by atoms with Crippen LogP contribution in [0.15, 0.2) is 54.6 Å². The quantitative estimate of drug-likeness (QED) is 0.288. The lowest BCUT2D eigenvalue weighted by atomic mass is 9.90. The number of halogens is 2. The van der Waals surface area contributed by atoms with Gasteiger partial charge in [0.2, 0.25) is 5.88 Å². The normalized spacial score (nSPS) is 17.8. The van der Waals surface area contributed by atoms with Gasteiger partial charge in [-0.05, 0) is 49.4 Å². The van der Waals surface area contributed by atoms with Crippen LogP contribution in [0.25, 0.3) is 11.0 Å². The third-order valence-electron chi connectivity index (χ3n) is 7.14. The van der Waals surface area contributed by atoms with Crippen molar-refractivity contribution in [1.29, 1.82) is 0 Å². The zero-order valence-electron chi connectivity index (χ0n) is 22.0. The summed E-state index contributed by atoms with van der Waals surface area (Å²) in [5, 5.41) is 20.8. The number of β-amino-alcohol motifs (C(OH)–C–C–N with tert-alkyl or cyclic N) is 1. The standard InChI is InChI=1S/C29H30ClFN4O5/c1-39-12-11-35-25-13-18(29(37)38)6-8-24(25)32-27(35)16-34-10-9-21(26(36)15-34)23-3-2-4-28(33-23)40-17-19-5-7-20(30)14-22(19)31/h2-8,13-14,21,26,36H,9-12,15-17H2,1H3,(H,37,38)/t21-,26-/m0/s1. The molecule has 9 nitrogen and oxygen atoms in total.